The van der Waals surface area contributed by atoms with Crippen molar-refractivity contribution >= 4 is 33.0 Å². The number of hydrogen-bond donors (Lipinski definition) is 2. The first kappa shape index (κ1) is 23.1. The van der Waals surface area contributed by atoms with E-state index in [0.29, 0.717) is 29.2 Å². The highest BCUT2D eigenvalue weighted by molar-refractivity contribution is 7.92. The van der Waals surface area contributed by atoms with E-state index in [2.05, 4.69) is 10.0 Å². The number of sulfonamides is 1. The molecule has 3 rings (SSSR count). The molecular weight excluding hydrogens is 426 g/mol. The van der Waals surface area contributed by atoms with Crippen LogP contribution in [0.2, 0.25) is 0 Å². The molecular formula is C24H27N3O4S. The molecule has 0 aromatic heterocycles. The minimum atomic E-state index is -3.85. The third kappa shape index (κ3) is 5.79. The van der Waals surface area contributed by atoms with Gasteiger partial charge in [-0.15, -0.1) is 0 Å². The highest BCUT2D eigenvalue weighted by Gasteiger charge is 2.19. The summed E-state index contributed by atoms with van der Waals surface area (Å²) < 4.78 is 33.6. The Labute approximate surface area is 189 Å². The second-order valence-corrected chi connectivity index (χ2v) is 8.86. The molecule has 3 aromatic carbocycles. The first-order valence-electron chi connectivity index (χ1n) is 10.2. The fourth-order valence-electron chi connectivity index (χ4n) is 3.23. The van der Waals surface area contributed by atoms with E-state index in [4.69, 9.17) is 4.74 Å². The number of nitrogens with one attached hydrogen (secondary N) is 2. The van der Waals surface area contributed by atoms with Crippen molar-refractivity contribution in [2.75, 3.05) is 35.1 Å². The van der Waals surface area contributed by atoms with Crippen molar-refractivity contribution < 1.29 is 17.9 Å². The van der Waals surface area contributed by atoms with Crippen LogP contribution in [0.5, 0.6) is 5.75 Å². The summed E-state index contributed by atoms with van der Waals surface area (Å²) in [6.45, 7) is 4.50. The predicted molar refractivity (Wildman–Crippen MR) is 128 cm³/mol. The lowest BCUT2D eigenvalue weighted by Crippen LogP contribution is -2.33. The van der Waals surface area contributed by atoms with Gasteiger partial charge in [-0.2, -0.15) is 0 Å². The van der Waals surface area contributed by atoms with E-state index in [-0.39, 0.29) is 17.3 Å². The maximum absolute atomic E-state index is 13.0. The summed E-state index contributed by atoms with van der Waals surface area (Å²) in [5.74, 6) is 0.400. The Morgan fingerprint density at radius 2 is 1.62 bits per heavy atom. The topological polar surface area (TPSA) is 87.7 Å². The molecule has 3 aromatic rings. The number of carbonyl (C=O) groups is 1. The molecule has 0 radical (unpaired) electrons. The zero-order valence-corrected chi connectivity index (χ0v) is 19.1. The van der Waals surface area contributed by atoms with Crippen LogP contribution in [-0.2, 0) is 14.8 Å². The van der Waals surface area contributed by atoms with Crippen molar-refractivity contribution in [3.05, 3.63) is 78.4 Å². The van der Waals surface area contributed by atoms with Crippen LogP contribution in [0.1, 0.15) is 12.5 Å². The molecule has 168 valence electrons. The van der Waals surface area contributed by atoms with Crippen molar-refractivity contribution in [1.82, 2.24) is 0 Å². The average molecular weight is 454 g/mol. The van der Waals surface area contributed by atoms with Gasteiger partial charge in [0.05, 0.1) is 18.6 Å². The van der Waals surface area contributed by atoms with Gasteiger partial charge in [-0.1, -0.05) is 24.3 Å². The number of amides is 1. The number of aryl methyl sites for hydroxylation is 1. The Balaban J connectivity index is 1.74. The van der Waals surface area contributed by atoms with Gasteiger partial charge in [0.1, 0.15) is 5.75 Å². The number of nitrogens with zero attached hydrogens (tertiary/aromatic N) is 1. The smallest absolute Gasteiger partial charge is 0.262 e. The lowest BCUT2D eigenvalue weighted by atomic mass is 10.2. The van der Waals surface area contributed by atoms with E-state index < -0.39 is 10.0 Å². The highest BCUT2D eigenvalue weighted by atomic mass is 32.2. The maximum Gasteiger partial charge on any atom is 0.262 e. The van der Waals surface area contributed by atoms with Crippen molar-refractivity contribution in [3.63, 3.8) is 0 Å². The molecule has 2 N–H and O–H groups in total. The number of rotatable bonds is 9. The van der Waals surface area contributed by atoms with Gasteiger partial charge in [0.25, 0.3) is 10.0 Å². The number of likely N-dealkylation sites (N-methyl/N-ethyl adjacent to an activating group) is 1. The zero-order valence-electron chi connectivity index (χ0n) is 18.3. The summed E-state index contributed by atoms with van der Waals surface area (Å²) in [5.41, 5.74) is 2.35. The molecule has 7 nitrogen and oxygen atoms in total. The second kappa shape index (κ2) is 10.2. The minimum absolute atomic E-state index is 0.0986. The Kier molecular flexibility index (Phi) is 7.37. The van der Waals surface area contributed by atoms with Crippen LogP contribution in [0, 0.1) is 6.92 Å². The van der Waals surface area contributed by atoms with Crippen LogP contribution < -0.4 is 19.7 Å². The number of hydrogen-bond acceptors (Lipinski definition) is 5. The Hall–Kier alpha value is -3.52. The number of carbonyl (C=O) groups excluding carboxylic acids is 1. The number of anilines is 3. The van der Waals surface area contributed by atoms with Gasteiger partial charge in [0, 0.05) is 23.6 Å². The maximum atomic E-state index is 13.0. The normalized spacial score (nSPS) is 11.0. The minimum Gasteiger partial charge on any atom is -0.497 e. The number of ether oxygens (including phenoxy) is 1. The third-order valence-electron chi connectivity index (χ3n) is 4.94. The molecule has 0 fully saturated rings. The summed E-state index contributed by atoms with van der Waals surface area (Å²) in [6.07, 6.45) is 0. The molecule has 0 unspecified atom stereocenters. The van der Waals surface area contributed by atoms with E-state index in [1.54, 1.807) is 50.4 Å². The van der Waals surface area contributed by atoms with Gasteiger partial charge < -0.3 is 15.0 Å². The van der Waals surface area contributed by atoms with E-state index >= 15 is 0 Å². The van der Waals surface area contributed by atoms with Crippen LogP contribution >= 0.6 is 0 Å². The summed E-state index contributed by atoms with van der Waals surface area (Å²) >= 11 is 0. The van der Waals surface area contributed by atoms with Gasteiger partial charge in [-0.25, -0.2) is 8.42 Å². The Morgan fingerprint density at radius 1 is 0.969 bits per heavy atom. The number of methoxy groups -OCH3 is 1. The molecule has 8 heteroatoms. The van der Waals surface area contributed by atoms with Crippen molar-refractivity contribution in [2.24, 2.45) is 0 Å². The molecule has 0 bridgehead atoms. The number of benzene rings is 3. The van der Waals surface area contributed by atoms with Gasteiger partial charge in [-0.05, 0) is 67.9 Å². The monoisotopic (exact) mass is 453 g/mol. The van der Waals surface area contributed by atoms with Gasteiger partial charge in [-0.3, -0.25) is 9.52 Å². The fourth-order valence-corrected chi connectivity index (χ4v) is 4.57. The van der Waals surface area contributed by atoms with Crippen molar-refractivity contribution in [3.8, 4) is 5.75 Å². The quantitative estimate of drug-likeness (QED) is 0.505. The number of para-hydroxylation sites is 1. The average Bonchev–Trinajstić information content (AvgIpc) is 2.79. The second-order valence-electron chi connectivity index (χ2n) is 7.21. The Morgan fingerprint density at radius 3 is 2.25 bits per heavy atom. The van der Waals surface area contributed by atoms with Crippen LogP contribution in [0.15, 0.2) is 77.7 Å². The van der Waals surface area contributed by atoms with E-state index in [1.165, 1.54) is 6.07 Å². The zero-order chi connectivity index (χ0) is 23.1. The molecule has 0 heterocycles. The van der Waals surface area contributed by atoms with E-state index in [9.17, 15) is 13.2 Å². The Bertz CT molecular complexity index is 1160. The third-order valence-corrected chi connectivity index (χ3v) is 6.46. The van der Waals surface area contributed by atoms with Crippen molar-refractivity contribution in [2.45, 2.75) is 18.7 Å². The van der Waals surface area contributed by atoms with Crippen LogP contribution in [0.3, 0.4) is 0 Å². The molecule has 0 aliphatic rings. The lowest BCUT2D eigenvalue weighted by Gasteiger charge is -2.22. The van der Waals surface area contributed by atoms with Gasteiger partial charge >= 0.3 is 0 Å². The van der Waals surface area contributed by atoms with Crippen LogP contribution in [0.25, 0.3) is 0 Å². The molecule has 1 amide bonds. The molecule has 0 spiro atoms. The van der Waals surface area contributed by atoms with Gasteiger partial charge in [0.15, 0.2) is 0 Å². The summed E-state index contributed by atoms with van der Waals surface area (Å²) in [7, 11) is -2.30. The lowest BCUT2D eigenvalue weighted by molar-refractivity contribution is -0.115. The molecule has 32 heavy (non-hydrogen) atoms. The molecule has 0 saturated carbocycles. The standard InChI is InChI=1S/C24H27N3O4S/c1-4-27(21-8-6-5-7-9-21)17-24(28)25-20-11-10-18(2)23(16-20)32(29,30)26-19-12-14-22(31-3)15-13-19/h5-16,26H,4,17H2,1-3H3,(H,25,28). The largest absolute Gasteiger partial charge is 0.497 e. The van der Waals surface area contributed by atoms with Crippen LogP contribution in [0.4, 0.5) is 17.1 Å². The molecule has 0 aliphatic heterocycles. The van der Waals surface area contributed by atoms with Gasteiger partial charge in [0.2, 0.25) is 5.91 Å². The first-order valence-corrected chi connectivity index (χ1v) is 11.7. The predicted octanol–water partition coefficient (Wildman–Crippen LogP) is 4.27. The summed E-state index contributed by atoms with van der Waals surface area (Å²) in [6, 6.07) is 21.1. The molecule has 0 atom stereocenters. The molecule has 0 aliphatic carbocycles. The van der Waals surface area contributed by atoms with Crippen molar-refractivity contribution in [1.29, 1.82) is 0 Å². The summed E-state index contributed by atoms with van der Waals surface area (Å²) in [4.78, 5) is 14.7. The highest BCUT2D eigenvalue weighted by Crippen LogP contribution is 2.24. The van der Waals surface area contributed by atoms with E-state index in [1.807, 2.05) is 42.2 Å². The van der Waals surface area contributed by atoms with E-state index in [0.717, 1.165) is 5.69 Å². The molecule has 0 saturated heterocycles. The summed E-state index contributed by atoms with van der Waals surface area (Å²) in [5, 5.41) is 2.81. The fraction of sp³-hybridized carbons (Fsp3) is 0.208. The van der Waals surface area contributed by atoms with Crippen LogP contribution in [-0.4, -0.2) is 34.5 Å². The first-order chi connectivity index (χ1) is 15.3. The SMILES string of the molecule is CCN(CC(=O)Nc1ccc(C)c(S(=O)(=O)Nc2ccc(OC)cc2)c1)c1ccccc1.